The first kappa shape index (κ1) is 21.1. The number of nitrogens with one attached hydrogen (secondary N) is 1. The first-order valence-corrected chi connectivity index (χ1v) is 12.3. The Morgan fingerprint density at radius 1 is 1.03 bits per heavy atom. The third kappa shape index (κ3) is 4.62. The minimum atomic E-state index is -3.77. The molecule has 0 radical (unpaired) electrons. The maximum Gasteiger partial charge on any atom is 0.272 e. The van der Waals surface area contributed by atoms with E-state index in [2.05, 4.69) is 15.5 Å². The summed E-state index contributed by atoms with van der Waals surface area (Å²) in [5, 5.41) is 10.6. The van der Waals surface area contributed by atoms with Gasteiger partial charge in [0.2, 0.25) is 15.4 Å². The first-order chi connectivity index (χ1) is 14.4. The maximum atomic E-state index is 13.1. The zero-order chi connectivity index (χ0) is 21.1. The Balaban J connectivity index is 1.37. The number of amides is 1. The van der Waals surface area contributed by atoms with Crippen molar-refractivity contribution in [3.05, 3.63) is 30.1 Å². The second-order valence-electron chi connectivity index (χ2n) is 7.56. The Labute approximate surface area is 179 Å². The van der Waals surface area contributed by atoms with Gasteiger partial charge in [0.15, 0.2) is 0 Å². The molecule has 2 aromatic rings. The lowest BCUT2D eigenvalue weighted by Crippen LogP contribution is -2.48. The molecule has 0 atom stereocenters. The van der Waals surface area contributed by atoms with Crippen LogP contribution in [0.3, 0.4) is 0 Å². The van der Waals surface area contributed by atoms with Crippen LogP contribution in [0.4, 0.5) is 15.2 Å². The smallest absolute Gasteiger partial charge is 0.272 e. The minimum Gasteiger partial charge on any atom is -0.369 e. The molecular weight excluding hydrogens is 429 g/mol. The quantitative estimate of drug-likeness (QED) is 0.700. The molecule has 1 saturated heterocycles. The van der Waals surface area contributed by atoms with Gasteiger partial charge in [-0.25, -0.2) is 12.8 Å². The topological polar surface area (TPSA) is 95.5 Å². The van der Waals surface area contributed by atoms with Crippen LogP contribution in [0.25, 0.3) is 0 Å². The van der Waals surface area contributed by atoms with Crippen LogP contribution < -0.4 is 10.2 Å². The highest BCUT2D eigenvalue weighted by molar-refractivity contribution is 7.91. The number of benzene rings is 1. The summed E-state index contributed by atoms with van der Waals surface area (Å²) < 4.78 is 40.2. The van der Waals surface area contributed by atoms with Crippen molar-refractivity contribution in [3.8, 4) is 0 Å². The molecule has 8 nitrogen and oxygen atoms in total. The Hall–Kier alpha value is -2.11. The monoisotopic (exact) mass is 453 g/mol. The van der Waals surface area contributed by atoms with E-state index in [1.165, 1.54) is 16.4 Å². The van der Waals surface area contributed by atoms with Crippen LogP contribution >= 0.6 is 11.3 Å². The molecule has 11 heteroatoms. The molecule has 30 heavy (non-hydrogen) atoms. The van der Waals surface area contributed by atoms with Crippen LogP contribution in [0.5, 0.6) is 0 Å². The van der Waals surface area contributed by atoms with E-state index in [0.29, 0.717) is 26.2 Å². The van der Waals surface area contributed by atoms with E-state index in [9.17, 15) is 17.6 Å². The standard InChI is InChI=1S/C19H24FN5O3S2/c20-15-6-8-16(9-7-15)24-10-12-25(13-11-24)30(27,28)19-23-22-18(29-19)21-17(26)14-4-2-1-3-5-14/h6-9,14H,1-5,10-13H2,(H,21,22,26). The second-order valence-corrected chi connectivity index (χ2v) is 10.7. The summed E-state index contributed by atoms with van der Waals surface area (Å²) in [4.78, 5) is 14.4. The van der Waals surface area contributed by atoms with Gasteiger partial charge < -0.3 is 10.2 Å². The van der Waals surface area contributed by atoms with Gasteiger partial charge >= 0.3 is 0 Å². The molecule has 2 fully saturated rings. The molecule has 0 spiro atoms. The molecule has 162 valence electrons. The number of piperazine rings is 1. The molecule has 1 aromatic heterocycles. The average Bonchev–Trinajstić information content (AvgIpc) is 3.24. The van der Waals surface area contributed by atoms with E-state index in [1.54, 1.807) is 12.1 Å². The molecule has 1 amide bonds. The molecule has 1 aliphatic heterocycles. The van der Waals surface area contributed by atoms with Crippen molar-refractivity contribution in [1.29, 1.82) is 0 Å². The minimum absolute atomic E-state index is 0.0396. The molecule has 1 N–H and O–H groups in total. The molecule has 1 saturated carbocycles. The SMILES string of the molecule is O=C(Nc1nnc(S(=O)(=O)N2CCN(c3ccc(F)cc3)CC2)s1)C1CCCCC1. The normalized spacial score (nSPS) is 19.0. The van der Waals surface area contributed by atoms with Crippen LogP contribution in [0.2, 0.25) is 0 Å². The summed E-state index contributed by atoms with van der Waals surface area (Å²) in [5.41, 5.74) is 0.858. The van der Waals surface area contributed by atoms with E-state index in [-0.39, 0.29) is 27.1 Å². The number of sulfonamides is 1. The predicted molar refractivity (Wildman–Crippen MR) is 112 cm³/mol. The summed E-state index contributed by atoms with van der Waals surface area (Å²) in [6.45, 7) is 1.58. The summed E-state index contributed by atoms with van der Waals surface area (Å²) >= 11 is 0.886. The Morgan fingerprint density at radius 2 is 1.70 bits per heavy atom. The van der Waals surface area contributed by atoms with Gasteiger partial charge in [0.05, 0.1) is 0 Å². The number of hydrogen-bond acceptors (Lipinski definition) is 7. The van der Waals surface area contributed by atoms with Gasteiger partial charge in [-0.15, -0.1) is 10.2 Å². The number of hydrogen-bond donors (Lipinski definition) is 1. The van der Waals surface area contributed by atoms with Gasteiger partial charge in [0.25, 0.3) is 10.0 Å². The van der Waals surface area contributed by atoms with Gasteiger partial charge in [-0.3, -0.25) is 4.79 Å². The second kappa shape index (κ2) is 8.94. The predicted octanol–water partition coefficient (Wildman–Crippen LogP) is 2.71. The fourth-order valence-electron chi connectivity index (χ4n) is 3.89. The number of carbonyl (C=O) groups is 1. The lowest BCUT2D eigenvalue weighted by atomic mass is 9.89. The van der Waals surface area contributed by atoms with Crippen LogP contribution in [-0.4, -0.2) is 55.0 Å². The van der Waals surface area contributed by atoms with Gasteiger partial charge in [0, 0.05) is 37.8 Å². The van der Waals surface area contributed by atoms with E-state index in [0.717, 1.165) is 49.1 Å². The fourth-order valence-corrected chi connectivity index (χ4v) is 6.35. The molecule has 0 bridgehead atoms. The number of aromatic nitrogens is 2. The number of halogens is 1. The third-order valence-corrected chi connectivity index (χ3v) is 8.69. The van der Waals surface area contributed by atoms with Crippen molar-refractivity contribution in [2.75, 3.05) is 36.4 Å². The Bertz CT molecular complexity index is 982. The first-order valence-electron chi connectivity index (χ1n) is 10.1. The van der Waals surface area contributed by atoms with Gasteiger partial charge in [0.1, 0.15) is 5.82 Å². The van der Waals surface area contributed by atoms with Crippen LogP contribution in [0.15, 0.2) is 28.6 Å². The van der Waals surface area contributed by atoms with E-state index >= 15 is 0 Å². The van der Waals surface area contributed by atoms with Gasteiger partial charge in [-0.1, -0.05) is 30.6 Å². The van der Waals surface area contributed by atoms with Crippen molar-refractivity contribution in [1.82, 2.24) is 14.5 Å². The van der Waals surface area contributed by atoms with Crippen LogP contribution in [-0.2, 0) is 14.8 Å². The zero-order valence-electron chi connectivity index (χ0n) is 16.5. The molecule has 2 heterocycles. The van der Waals surface area contributed by atoms with Crippen LogP contribution in [0, 0.1) is 11.7 Å². The average molecular weight is 454 g/mol. The van der Waals surface area contributed by atoms with Crippen molar-refractivity contribution in [2.24, 2.45) is 5.92 Å². The molecule has 1 aromatic carbocycles. The largest absolute Gasteiger partial charge is 0.369 e. The molecular formula is C19H24FN5O3S2. The lowest BCUT2D eigenvalue weighted by Gasteiger charge is -2.34. The summed E-state index contributed by atoms with van der Waals surface area (Å²) in [6, 6.07) is 6.16. The van der Waals surface area contributed by atoms with Gasteiger partial charge in [-0.2, -0.15) is 4.31 Å². The highest BCUT2D eigenvalue weighted by Gasteiger charge is 2.32. The summed E-state index contributed by atoms with van der Waals surface area (Å²) in [7, 11) is -3.77. The van der Waals surface area contributed by atoms with Crippen molar-refractivity contribution < 1.29 is 17.6 Å². The number of carbonyl (C=O) groups excluding carboxylic acids is 1. The van der Waals surface area contributed by atoms with Crippen molar-refractivity contribution in [3.63, 3.8) is 0 Å². The van der Waals surface area contributed by atoms with Crippen LogP contribution in [0.1, 0.15) is 32.1 Å². The number of nitrogens with zero attached hydrogens (tertiary/aromatic N) is 4. The lowest BCUT2D eigenvalue weighted by molar-refractivity contribution is -0.120. The third-order valence-electron chi connectivity index (χ3n) is 5.60. The number of rotatable bonds is 5. The van der Waals surface area contributed by atoms with Crippen molar-refractivity contribution >= 4 is 38.1 Å². The zero-order valence-corrected chi connectivity index (χ0v) is 18.1. The summed E-state index contributed by atoms with van der Waals surface area (Å²) in [5.74, 6) is -0.451. The molecule has 0 unspecified atom stereocenters. The molecule has 4 rings (SSSR count). The van der Waals surface area contributed by atoms with E-state index in [4.69, 9.17) is 0 Å². The number of anilines is 2. The Kier molecular flexibility index (Phi) is 6.30. The molecule has 2 aliphatic rings. The van der Waals surface area contributed by atoms with Gasteiger partial charge in [-0.05, 0) is 37.1 Å². The Morgan fingerprint density at radius 3 is 2.37 bits per heavy atom. The van der Waals surface area contributed by atoms with E-state index in [1.807, 2.05) is 4.90 Å². The highest BCUT2D eigenvalue weighted by Crippen LogP contribution is 2.28. The highest BCUT2D eigenvalue weighted by atomic mass is 32.2. The fraction of sp³-hybridized carbons (Fsp3) is 0.526. The van der Waals surface area contributed by atoms with E-state index < -0.39 is 10.0 Å². The maximum absolute atomic E-state index is 13.1. The molecule has 1 aliphatic carbocycles. The summed E-state index contributed by atoms with van der Waals surface area (Å²) in [6.07, 6.45) is 4.94. The van der Waals surface area contributed by atoms with Crippen molar-refractivity contribution in [2.45, 2.75) is 36.4 Å².